The van der Waals surface area contributed by atoms with Gasteiger partial charge in [-0.2, -0.15) is 0 Å². The average molecular weight is 355 g/mol. The monoisotopic (exact) mass is 354 g/mol. The first kappa shape index (κ1) is 15.2. The van der Waals surface area contributed by atoms with E-state index in [1.165, 1.54) is 36.5 Å². The van der Waals surface area contributed by atoms with Crippen molar-refractivity contribution in [3.8, 4) is 0 Å². The standard InChI is InChI=1S/C14H12BrFN2O3/c15-11-5-9(1-3-12(11)16)8-21-14(20)7-18-6-10(17)2-4-13(18)19/h1-6H,7-8,17H2. The van der Waals surface area contributed by atoms with Crippen molar-refractivity contribution in [2.24, 2.45) is 0 Å². The van der Waals surface area contributed by atoms with E-state index >= 15 is 0 Å². The Morgan fingerprint density at radius 2 is 2.10 bits per heavy atom. The second-order valence-corrected chi connectivity index (χ2v) is 5.19. The van der Waals surface area contributed by atoms with Gasteiger partial charge in [0.05, 0.1) is 4.47 Å². The Hall–Kier alpha value is -2.15. The van der Waals surface area contributed by atoms with Crippen molar-refractivity contribution < 1.29 is 13.9 Å². The van der Waals surface area contributed by atoms with Gasteiger partial charge in [0.15, 0.2) is 0 Å². The number of pyridine rings is 1. The van der Waals surface area contributed by atoms with Crippen molar-refractivity contribution in [2.75, 3.05) is 5.73 Å². The number of ether oxygens (including phenoxy) is 1. The number of hydrogen-bond donors (Lipinski definition) is 1. The van der Waals surface area contributed by atoms with Crippen LogP contribution in [0.1, 0.15) is 5.56 Å². The maximum atomic E-state index is 13.1. The predicted octanol–water partition coefficient (Wildman–Crippen LogP) is 2.08. The third-order valence-corrected chi connectivity index (χ3v) is 3.30. The quantitative estimate of drug-likeness (QED) is 0.853. The Morgan fingerprint density at radius 3 is 2.81 bits per heavy atom. The molecule has 0 fully saturated rings. The summed E-state index contributed by atoms with van der Waals surface area (Å²) in [4.78, 5) is 23.2. The molecule has 2 aromatic rings. The fourth-order valence-electron chi connectivity index (χ4n) is 1.65. The molecule has 2 N–H and O–H groups in total. The van der Waals surface area contributed by atoms with Crippen molar-refractivity contribution >= 4 is 27.6 Å². The van der Waals surface area contributed by atoms with Crippen LogP contribution < -0.4 is 11.3 Å². The van der Waals surface area contributed by atoms with E-state index in [-0.39, 0.29) is 18.7 Å². The zero-order valence-electron chi connectivity index (χ0n) is 10.9. The second kappa shape index (κ2) is 6.53. The molecule has 2 rings (SSSR count). The van der Waals surface area contributed by atoms with Gasteiger partial charge in [0.1, 0.15) is 19.0 Å². The molecule has 0 aliphatic rings. The second-order valence-electron chi connectivity index (χ2n) is 4.34. The molecule has 5 nitrogen and oxygen atoms in total. The van der Waals surface area contributed by atoms with Gasteiger partial charge in [0.2, 0.25) is 0 Å². The van der Waals surface area contributed by atoms with Crippen LogP contribution in [0.25, 0.3) is 0 Å². The first-order valence-electron chi connectivity index (χ1n) is 6.01. The number of rotatable bonds is 4. The summed E-state index contributed by atoms with van der Waals surface area (Å²) >= 11 is 3.05. The van der Waals surface area contributed by atoms with Crippen LogP contribution in [0.2, 0.25) is 0 Å². The number of nitrogens with zero attached hydrogens (tertiary/aromatic N) is 1. The zero-order valence-corrected chi connectivity index (χ0v) is 12.5. The number of aromatic nitrogens is 1. The molecule has 0 saturated heterocycles. The van der Waals surface area contributed by atoms with Crippen molar-refractivity contribution in [1.82, 2.24) is 4.57 Å². The summed E-state index contributed by atoms with van der Waals surface area (Å²) in [5.74, 6) is -0.973. The van der Waals surface area contributed by atoms with E-state index in [1.807, 2.05) is 0 Å². The Balaban J connectivity index is 1.97. The number of carbonyl (C=O) groups is 1. The van der Waals surface area contributed by atoms with Crippen molar-refractivity contribution in [2.45, 2.75) is 13.2 Å². The molecule has 0 unspecified atom stereocenters. The zero-order chi connectivity index (χ0) is 15.4. The van der Waals surface area contributed by atoms with Gasteiger partial charge >= 0.3 is 5.97 Å². The third-order valence-electron chi connectivity index (χ3n) is 2.69. The fourth-order valence-corrected chi connectivity index (χ4v) is 2.08. The smallest absolute Gasteiger partial charge is 0.326 e. The van der Waals surface area contributed by atoms with Crippen LogP contribution >= 0.6 is 15.9 Å². The summed E-state index contributed by atoms with van der Waals surface area (Å²) in [6, 6.07) is 7.05. The SMILES string of the molecule is Nc1ccc(=O)n(CC(=O)OCc2ccc(F)c(Br)c2)c1. The van der Waals surface area contributed by atoms with Crippen molar-refractivity contribution in [3.63, 3.8) is 0 Å². The summed E-state index contributed by atoms with van der Waals surface area (Å²) in [7, 11) is 0. The van der Waals surface area contributed by atoms with Gasteiger partial charge in [-0.05, 0) is 39.7 Å². The summed E-state index contributed by atoms with van der Waals surface area (Å²) in [5.41, 5.74) is 6.22. The molecule has 0 radical (unpaired) electrons. The van der Waals surface area contributed by atoms with E-state index in [9.17, 15) is 14.0 Å². The lowest BCUT2D eigenvalue weighted by Crippen LogP contribution is -2.24. The number of carbonyl (C=O) groups excluding carboxylic acids is 1. The van der Waals surface area contributed by atoms with Crippen LogP contribution in [0.4, 0.5) is 10.1 Å². The van der Waals surface area contributed by atoms with Crippen LogP contribution in [0, 0.1) is 5.82 Å². The highest BCUT2D eigenvalue weighted by molar-refractivity contribution is 9.10. The highest BCUT2D eigenvalue weighted by Gasteiger charge is 2.07. The molecule has 0 bridgehead atoms. The van der Waals surface area contributed by atoms with Crippen LogP contribution in [0.5, 0.6) is 0 Å². The van der Waals surface area contributed by atoms with E-state index in [4.69, 9.17) is 10.5 Å². The number of anilines is 1. The average Bonchev–Trinajstić information content (AvgIpc) is 2.44. The van der Waals surface area contributed by atoms with Crippen molar-refractivity contribution in [1.29, 1.82) is 0 Å². The minimum Gasteiger partial charge on any atom is -0.459 e. The number of nitrogens with two attached hydrogens (primary N) is 1. The van der Waals surface area contributed by atoms with Crippen LogP contribution in [0.3, 0.4) is 0 Å². The number of esters is 1. The topological polar surface area (TPSA) is 74.3 Å². The minimum absolute atomic E-state index is 0.00518. The van der Waals surface area contributed by atoms with Crippen molar-refractivity contribution in [3.05, 3.63) is 62.7 Å². The van der Waals surface area contributed by atoms with Gasteiger partial charge in [-0.25, -0.2) is 4.39 Å². The molecule has 0 atom stereocenters. The van der Waals surface area contributed by atoms with Crippen LogP contribution in [-0.2, 0) is 22.7 Å². The normalized spacial score (nSPS) is 10.4. The number of nitrogen functional groups attached to an aromatic ring is 1. The number of benzene rings is 1. The molecule has 0 amide bonds. The molecule has 0 spiro atoms. The lowest BCUT2D eigenvalue weighted by molar-refractivity contribution is -0.145. The van der Waals surface area contributed by atoms with E-state index in [0.29, 0.717) is 15.7 Å². The molecule has 110 valence electrons. The highest BCUT2D eigenvalue weighted by Crippen LogP contribution is 2.17. The van der Waals surface area contributed by atoms with Crippen LogP contribution in [0.15, 0.2) is 45.8 Å². The lowest BCUT2D eigenvalue weighted by atomic mass is 10.2. The fraction of sp³-hybridized carbons (Fsp3) is 0.143. The molecule has 1 aromatic carbocycles. The molecule has 1 aromatic heterocycles. The Kier molecular flexibility index (Phi) is 4.74. The molecule has 21 heavy (non-hydrogen) atoms. The minimum atomic E-state index is -0.580. The summed E-state index contributed by atoms with van der Waals surface area (Å²) in [6.45, 7) is -0.235. The van der Waals surface area contributed by atoms with E-state index in [2.05, 4.69) is 15.9 Å². The summed E-state index contributed by atoms with van der Waals surface area (Å²) in [6.07, 6.45) is 1.37. The molecule has 1 heterocycles. The van der Waals surface area contributed by atoms with Gasteiger partial charge in [0.25, 0.3) is 5.56 Å². The molecule has 0 saturated carbocycles. The maximum Gasteiger partial charge on any atom is 0.326 e. The highest BCUT2D eigenvalue weighted by atomic mass is 79.9. The predicted molar refractivity (Wildman–Crippen MR) is 79.0 cm³/mol. The summed E-state index contributed by atoms with van der Waals surface area (Å²) < 4.78 is 19.6. The van der Waals surface area contributed by atoms with Crippen LogP contribution in [-0.4, -0.2) is 10.5 Å². The maximum absolute atomic E-state index is 13.1. The number of halogens is 2. The van der Waals surface area contributed by atoms with Gasteiger partial charge in [0, 0.05) is 18.0 Å². The van der Waals surface area contributed by atoms with Gasteiger partial charge < -0.3 is 15.0 Å². The van der Waals surface area contributed by atoms with Gasteiger partial charge in [-0.3, -0.25) is 9.59 Å². The first-order valence-corrected chi connectivity index (χ1v) is 6.80. The van der Waals surface area contributed by atoms with Gasteiger partial charge in [-0.1, -0.05) is 6.07 Å². The Bertz CT molecular complexity index is 730. The molecule has 0 aliphatic carbocycles. The first-order chi connectivity index (χ1) is 9.95. The molecular formula is C14H12BrFN2O3. The largest absolute Gasteiger partial charge is 0.459 e. The Morgan fingerprint density at radius 1 is 1.33 bits per heavy atom. The van der Waals surface area contributed by atoms with E-state index < -0.39 is 11.8 Å². The molecule has 0 aliphatic heterocycles. The molecular weight excluding hydrogens is 343 g/mol. The number of hydrogen-bond acceptors (Lipinski definition) is 4. The summed E-state index contributed by atoms with van der Waals surface area (Å²) in [5, 5.41) is 0. The third kappa shape index (κ3) is 4.16. The Labute approximate surface area is 128 Å². The lowest BCUT2D eigenvalue weighted by Gasteiger charge is -2.08. The van der Waals surface area contributed by atoms with Gasteiger partial charge in [-0.15, -0.1) is 0 Å². The molecule has 7 heteroatoms. The van der Waals surface area contributed by atoms with E-state index in [1.54, 1.807) is 0 Å². The van der Waals surface area contributed by atoms with E-state index in [0.717, 1.165) is 4.57 Å².